The summed E-state index contributed by atoms with van der Waals surface area (Å²) in [6, 6.07) is 9.91. The van der Waals surface area contributed by atoms with E-state index < -0.39 is 11.9 Å². The molecule has 1 heterocycles. The van der Waals surface area contributed by atoms with Crippen molar-refractivity contribution in [3.8, 4) is 5.75 Å². The van der Waals surface area contributed by atoms with Gasteiger partial charge >= 0.3 is 11.9 Å². The number of ether oxygens (including phenoxy) is 2. The first-order chi connectivity index (χ1) is 16.4. The van der Waals surface area contributed by atoms with Gasteiger partial charge in [0.2, 0.25) is 0 Å². The fraction of sp³-hybridized carbons (Fsp3) is 0.536. The van der Waals surface area contributed by atoms with Gasteiger partial charge in [-0.3, -0.25) is 14.6 Å². The van der Waals surface area contributed by atoms with Gasteiger partial charge in [-0.1, -0.05) is 45.7 Å². The molecule has 184 valence electrons. The number of aliphatic carboxylic acids is 1. The molecule has 1 aliphatic rings. The maximum absolute atomic E-state index is 13.2. The number of benzene rings is 1. The highest BCUT2D eigenvalue weighted by atomic mass is 16.5. The van der Waals surface area contributed by atoms with Crippen molar-refractivity contribution in [3.05, 3.63) is 58.4 Å². The largest absolute Gasteiger partial charge is 0.497 e. The lowest BCUT2D eigenvalue weighted by molar-refractivity contribution is -0.149. The molecule has 0 saturated heterocycles. The Bertz CT molecular complexity index is 1000. The highest BCUT2D eigenvalue weighted by molar-refractivity contribution is 5.77. The molecule has 0 radical (unpaired) electrons. The van der Waals surface area contributed by atoms with Crippen molar-refractivity contribution >= 4 is 11.9 Å². The minimum atomic E-state index is -0.851. The first-order valence-electron chi connectivity index (χ1n) is 12.4. The van der Waals surface area contributed by atoms with E-state index in [1.54, 1.807) is 14.0 Å². The number of methoxy groups -OCH3 is 1. The Kier molecular flexibility index (Phi) is 9.08. The van der Waals surface area contributed by atoms with Gasteiger partial charge in [-0.15, -0.1) is 0 Å². The van der Waals surface area contributed by atoms with E-state index in [1.165, 1.54) is 0 Å². The maximum Gasteiger partial charge on any atom is 0.310 e. The molecule has 6 heteroatoms. The second kappa shape index (κ2) is 12.0. The highest BCUT2D eigenvalue weighted by Crippen LogP contribution is 2.44. The Morgan fingerprint density at radius 1 is 1.15 bits per heavy atom. The molecule has 1 unspecified atom stereocenters. The van der Waals surface area contributed by atoms with Crippen LogP contribution in [0, 0.1) is 11.8 Å². The van der Waals surface area contributed by atoms with Gasteiger partial charge in [0.1, 0.15) is 5.75 Å². The van der Waals surface area contributed by atoms with E-state index in [4.69, 9.17) is 14.5 Å². The molecule has 0 spiro atoms. The molecule has 3 rings (SSSR count). The van der Waals surface area contributed by atoms with E-state index in [1.807, 2.05) is 18.2 Å². The smallest absolute Gasteiger partial charge is 0.310 e. The maximum atomic E-state index is 13.2. The summed E-state index contributed by atoms with van der Waals surface area (Å²) >= 11 is 0. The van der Waals surface area contributed by atoms with Crippen LogP contribution in [0.4, 0.5) is 0 Å². The van der Waals surface area contributed by atoms with Gasteiger partial charge in [0.25, 0.3) is 0 Å². The number of fused-ring (bicyclic) bond motifs is 1. The number of unbranched alkanes of at least 4 members (excludes halogenated alkanes) is 2. The molecule has 3 atom stereocenters. The molecule has 0 amide bonds. The van der Waals surface area contributed by atoms with Gasteiger partial charge < -0.3 is 14.6 Å². The summed E-state index contributed by atoms with van der Waals surface area (Å²) in [5, 5.41) is 9.55. The molecule has 1 aromatic heterocycles. The molecule has 1 aliphatic carbocycles. The Labute approximate surface area is 202 Å². The Morgan fingerprint density at radius 3 is 2.59 bits per heavy atom. The quantitative estimate of drug-likeness (QED) is 0.335. The molecule has 0 fully saturated rings. The zero-order chi connectivity index (χ0) is 24.7. The second-order valence-electron chi connectivity index (χ2n) is 9.27. The summed E-state index contributed by atoms with van der Waals surface area (Å²) < 4.78 is 11.1. The Hall–Kier alpha value is -2.89. The van der Waals surface area contributed by atoms with Crippen LogP contribution in [-0.2, 0) is 33.6 Å². The summed E-state index contributed by atoms with van der Waals surface area (Å²) in [5.74, 6) is -1.61. The van der Waals surface area contributed by atoms with Gasteiger partial charge in [0.05, 0.1) is 31.2 Å². The van der Waals surface area contributed by atoms with E-state index in [0.717, 1.165) is 60.2 Å². The summed E-state index contributed by atoms with van der Waals surface area (Å²) in [5.41, 5.74) is 4.82. The van der Waals surface area contributed by atoms with Crippen molar-refractivity contribution in [3.63, 3.8) is 0 Å². The van der Waals surface area contributed by atoms with E-state index in [2.05, 4.69) is 26.0 Å². The molecular weight excluding hydrogens is 430 g/mol. The van der Waals surface area contributed by atoms with Crippen LogP contribution in [0.25, 0.3) is 0 Å². The lowest BCUT2D eigenvalue weighted by Gasteiger charge is -2.23. The number of rotatable bonds is 12. The number of aryl methyl sites for hydroxylation is 1. The molecule has 2 aromatic rings. The van der Waals surface area contributed by atoms with Crippen LogP contribution < -0.4 is 4.74 Å². The van der Waals surface area contributed by atoms with Crippen LogP contribution in [-0.4, -0.2) is 35.7 Å². The molecule has 0 aliphatic heterocycles. The number of pyridine rings is 1. The van der Waals surface area contributed by atoms with E-state index in [-0.39, 0.29) is 17.8 Å². The van der Waals surface area contributed by atoms with Gasteiger partial charge in [0.15, 0.2) is 0 Å². The van der Waals surface area contributed by atoms with Gasteiger partial charge in [-0.25, -0.2) is 0 Å². The fourth-order valence-electron chi connectivity index (χ4n) is 4.64. The Morgan fingerprint density at radius 2 is 1.91 bits per heavy atom. The minimum Gasteiger partial charge on any atom is -0.497 e. The molecule has 0 saturated carbocycles. The van der Waals surface area contributed by atoms with Crippen molar-refractivity contribution in [2.45, 2.75) is 71.6 Å². The number of carbonyl (C=O) groups is 2. The second-order valence-corrected chi connectivity index (χ2v) is 9.27. The number of hydrogen-bond acceptors (Lipinski definition) is 5. The summed E-state index contributed by atoms with van der Waals surface area (Å²) in [6.45, 7) is 6.34. The lowest BCUT2D eigenvalue weighted by atomic mass is 9.82. The molecular formula is C28H37NO5. The third-order valence-corrected chi connectivity index (χ3v) is 6.67. The normalized spacial score (nSPS) is 17.8. The van der Waals surface area contributed by atoms with E-state index in [0.29, 0.717) is 25.2 Å². The number of carboxylic acids is 1. The number of esters is 1. The topological polar surface area (TPSA) is 85.7 Å². The average Bonchev–Trinajstić information content (AvgIpc) is 3.21. The van der Waals surface area contributed by atoms with Crippen LogP contribution in [0.5, 0.6) is 5.75 Å². The summed E-state index contributed by atoms with van der Waals surface area (Å²) in [7, 11) is 1.60. The fourth-order valence-corrected chi connectivity index (χ4v) is 4.64. The third-order valence-electron chi connectivity index (χ3n) is 6.67. The summed E-state index contributed by atoms with van der Waals surface area (Å²) in [4.78, 5) is 29.9. The number of carbonyl (C=O) groups excluding carboxylic acids is 1. The Balaban J connectivity index is 2.07. The molecule has 1 aromatic carbocycles. The standard InChI is InChI=1S/C28H37NO5/c1-5-7-9-21-11-10-19-17-24(28(32)34-14-8-6-2)25(26(19)29-21)23-13-12-22(33-4)16-20(23)15-18(3)27(30)31/h10-13,16,18,24-25H,5-9,14-15,17H2,1-4H3,(H,30,31)/t18?,24-,25+/m1/s1. The first-order valence-corrected chi connectivity index (χ1v) is 12.4. The number of nitrogens with zero attached hydrogens (tertiary/aromatic N) is 1. The van der Waals surface area contributed by atoms with E-state index in [9.17, 15) is 14.7 Å². The van der Waals surface area contributed by atoms with Crippen molar-refractivity contribution < 1.29 is 24.2 Å². The zero-order valence-corrected chi connectivity index (χ0v) is 20.8. The van der Waals surface area contributed by atoms with Gasteiger partial charge in [-0.2, -0.15) is 0 Å². The predicted octanol–water partition coefficient (Wildman–Crippen LogP) is 5.34. The van der Waals surface area contributed by atoms with Crippen molar-refractivity contribution in [2.75, 3.05) is 13.7 Å². The number of carboxylic acid groups (broad SMARTS) is 1. The van der Waals surface area contributed by atoms with Crippen molar-refractivity contribution in [1.82, 2.24) is 4.98 Å². The van der Waals surface area contributed by atoms with Gasteiger partial charge in [0, 0.05) is 11.6 Å². The first kappa shape index (κ1) is 25.7. The number of hydrogen-bond donors (Lipinski definition) is 1. The summed E-state index contributed by atoms with van der Waals surface area (Å²) in [6.07, 6.45) is 5.76. The van der Waals surface area contributed by atoms with Gasteiger partial charge in [-0.05, 0) is 67.0 Å². The molecule has 0 bridgehead atoms. The van der Waals surface area contributed by atoms with Crippen molar-refractivity contribution in [2.24, 2.45) is 11.8 Å². The molecule has 6 nitrogen and oxygen atoms in total. The van der Waals surface area contributed by atoms with Crippen LogP contribution in [0.3, 0.4) is 0 Å². The van der Waals surface area contributed by atoms with Crippen LogP contribution in [0.1, 0.15) is 80.5 Å². The van der Waals surface area contributed by atoms with Crippen LogP contribution >= 0.6 is 0 Å². The van der Waals surface area contributed by atoms with Crippen molar-refractivity contribution in [1.29, 1.82) is 0 Å². The lowest BCUT2D eigenvalue weighted by Crippen LogP contribution is -2.25. The predicted molar refractivity (Wildman–Crippen MR) is 131 cm³/mol. The average molecular weight is 468 g/mol. The monoisotopic (exact) mass is 467 g/mol. The minimum absolute atomic E-state index is 0.209. The highest BCUT2D eigenvalue weighted by Gasteiger charge is 2.41. The van der Waals surface area contributed by atoms with Crippen LogP contribution in [0.15, 0.2) is 30.3 Å². The van der Waals surface area contributed by atoms with E-state index >= 15 is 0 Å². The SMILES string of the molecule is CCCCOC(=O)[C@@H]1Cc2ccc(CCCC)nc2[C@H]1c1ccc(OC)cc1CC(C)C(=O)O. The number of aromatic nitrogens is 1. The third kappa shape index (κ3) is 5.96. The molecule has 1 N–H and O–H groups in total. The molecule has 34 heavy (non-hydrogen) atoms. The zero-order valence-electron chi connectivity index (χ0n) is 20.8. The van der Waals surface area contributed by atoms with Crippen LogP contribution in [0.2, 0.25) is 0 Å².